The minimum Gasteiger partial charge on any atom is -0.492 e. The molecule has 2 N–H and O–H groups in total. The predicted octanol–water partition coefficient (Wildman–Crippen LogP) is 5.49. The first-order valence-corrected chi connectivity index (χ1v) is 23.4. The molecule has 8 rings (SSSR count). The van der Waals surface area contributed by atoms with Crippen LogP contribution in [0.2, 0.25) is 0 Å². The molecule has 2 saturated heterocycles. The second kappa shape index (κ2) is 20.9. The fraction of sp³-hybridized carbons (Fsp3) is 0.412. The minimum atomic E-state index is -0.969. The van der Waals surface area contributed by atoms with Crippen LogP contribution in [0, 0.1) is 23.0 Å². The lowest BCUT2D eigenvalue weighted by molar-refractivity contribution is -0.131. The maximum atomic E-state index is 14.9. The first-order valence-electron chi connectivity index (χ1n) is 23.4. The largest absolute Gasteiger partial charge is 0.492 e. The maximum Gasteiger partial charge on any atom is 0.255 e. The Balaban J connectivity index is 0.894. The van der Waals surface area contributed by atoms with Gasteiger partial charge >= 0.3 is 0 Å². The van der Waals surface area contributed by atoms with Gasteiger partial charge in [-0.3, -0.25) is 19.2 Å². The summed E-state index contributed by atoms with van der Waals surface area (Å²) in [5.41, 5.74) is 3.66. The Morgan fingerprint density at radius 1 is 1.03 bits per heavy atom. The number of nitrogens with one attached hydrogen (secondary N) is 2. The number of likely N-dealkylation sites (N-methyl/N-ethyl adjacent to an activating group) is 2. The number of rotatable bonds is 17. The number of piperidine rings is 2. The predicted molar refractivity (Wildman–Crippen MR) is 252 cm³/mol. The number of likely N-dealkylation sites (tertiary alicyclic amines) is 1. The summed E-state index contributed by atoms with van der Waals surface area (Å²) in [6, 6.07) is 15.9. The highest BCUT2D eigenvalue weighted by molar-refractivity contribution is 6.01. The molecule has 360 valence electrons. The van der Waals surface area contributed by atoms with Crippen LogP contribution in [-0.2, 0) is 20.9 Å². The second-order valence-electron chi connectivity index (χ2n) is 18.1. The summed E-state index contributed by atoms with van der Waals surface area (Å²) < 4.78 is 36.5. The first kappa shape index (κ1) is 48.2. The lowest BCUT2D eigenvalue weighted by atomic mass is 9.86. The van der Waals surface area contributed by atoms with Crippen LogP contribution in [0.5, 0.6) is 5.75 Å². The molecule has 0 aliphatic carbocycles. The average Bonchev–Trinajstić information content (AvgIpc) is 3.93. The number of nitrogens with zero attached hydrogens (tertiary/aromatic N) is 8. The van der Waals surface area contributed by atoms with Gasteiger partial charge in [0, 0.05) is 82.5 Å². The number of anilines is 1. The number of carbonyl (C=O) groups excluding carboxylic acids is 5. The summed E-state index contributed by atoms with van der Waals surface area (Å²) in [7, 11) is 3.22. The molecule has 0 saturated carbocycles. The van der Waals surface area contributed by atoms with E-state index in [-0.39, 0.29) is 49.4 Å². The molecular formula is C51H56F2N10O6. The molecular weight excluding hydrogens is 887 g/mol. The molecule has 5 aromatic rings. The minimum absolute atomic E-state index is 0.118. The number of fused-ring (bicyclic) bond motifs is 2. The van der Waals surface area contributed by atoms with E-state index in [1.54, 1.807) is 33.8 Å². The number of aromatic nitrogens is 3. The van der Waals surface area contributed by atoms with Gasteiger partial charge in [-0.05, 0) is 112 Å². The van der Waals surface area contributed by atoms with E-state index < -0.39 is 34.7 Å². The maximum absolute atomic E-state index is 14.9. The molecule has 69 heavy (non-hydrogen) atoms. The van der Waals surface area contributed by atoms with Crippen LogP contribution in [-0.4, -0.2) is 131 Å². The van der Waals surface area contributed by atoms with Crippen molar-refractivity contribution in [3.05, 3.63) is 113 Å². The van der Waals surface area contributed by atoms with Gasteiger partial charge in [-0.25, -0.2) is 18.3 Å². The van der Waals surface area contributed by atoms with Gasteiger partial charge in [0.2, 0.25) is 11.8 Å². The van der Waals surface area contributed by atoms with Crippen LogP contribution in [0.25, 0.3) is 16.6 Å². The van der Waals surface area contributed by atoms with Crippen LogP contribution in [0.4, 0.5) is 14.6 Å². The number of ether oxygens (including phenoxy) is 1. The van der Waals surface area contributed by atoms with Crippen molar-refractivity contribution in [3.63, 3.8) is 0 Å². The van der Waals surface area contributed by atoms with E-state index in [2.05, 4.69) is 37.7 Å². The number of pyridine rings is 2. The van der Waals surface area contributed by atoms with Gasteiger partial charge in [-0.15, -0.1) is 0 Å². The van der Waals surface area contributed by atoms with E-state index in [1.165, 1.54) is 13.2 Å². The molecule has 3 aliphatic rings. The number of carbonyl (C=O) groups is 5. The molecule has 1 atom stereocenters. The SMILES string of the molecule is CCOc1cc(-c2ccc(N3CCC(CN(C)C(=O)CCN4CCC(c5ccc6c(c5)C(=O)N(C(CCC=O)C(=O)NC)C6)CC4)(NC(=O)c4cc(F)ccc4F)CC3)nc2)c2c(C#N)cnn2c1. The number of aldehydes is 1. The van der Waals surface area contributed by atoms with E-state index in [4.69, 9.17) is 9.72 Å². The first-order chi connectivity index (χ1) is 33.3. The third-order valence-corrected chi connectivity index (χ3v) is 13.8. The van der Waals surface area contributed by atoms with Crippen molar-refractivity contribution in [2.75, 3.05) is 64.9 Å². The second-order valence-corrected chi connectivity index (χ2v) is 18.1. The van der Waals surface area contributed by atoms with Crippen LogP contribution < -0.4 is 20.3 Å². The molecule has 0 spiro atoms. The molecule has 16 nitrogen and oxygen atoms in total. The fourth-order valence-corrected chi connectivity index (χ4v) is 9.99. The van der Waals surface area contributed by atoms with Crippen molar-refractivity contribution in [2.45, 2.75) is 75.9 Å². The van der Waals surface area contributed by atoms with Crippen molar-refractivity contribution in [2.24, 2.45) is 0 Å². The van der Waals surface area contributed by atoms with E-state index in [0.717, 1.165) is 72.7 Å². The third-order valence-electron chi connectivity index (χ3n) is 13.8. The standard InChI is InChI=1S/C51H56F2N10O6/c1-4-69-39-26-40(47-37(27-54)29-57-63(47)31-39)35-9-12-45(56-28-35)61-21-16-51(17-22-61,58-48(66)42-25-38(52)10-11-43(42)53)32-59(3)46(65)15-20-60-18-13-33(14-19-60)34-7-8-36-30-62(50(68)41(36)24-34)44(6-5-23-64)49(67)55-2/h7-12,23-26,28-29,31,33,44H,4-6,13-22,30,32H2,1-3H3,(H,55,67)(H,58,66). The quantitative estimate of drug-likeness (QED) is 0.112. The monoisotopic (exact) mass is 942 g/mol. The van der Waals surface area contributed by atoms with Crippen molar-refractivity contribution in [1.29, 1.82) is 5.26 Å². The highest BCUT2D eigenvalue weighted by atomic mass is 19.1. The van der Waals surface area contributed by atoms with Gasteiger partial charge in [0.1, 0.15) is 41.6 Å². The molecule has 0 bridgehead atoms. The van der Waals surface area contributed by atoms with Crippen molar-refractivity contribution >= 4 is 41.2 Å². The Bertz CT molecular complexity index is 2780. The lowest BCUT2D eigenvalue weighted by Gasteiger charge is -2.44. The topological polar surface area (TPSA) is 186 Å². The van der Waals surface area contributed by atoms with Gasteiger partial charge in [0.25, 0.3) is 11.8 Å². The normalized spacial score (nSPS) is 16.4. The Labute approximate surface area is 399 Å². The molecule has 0 radical (unpaired) electrons. The Hall–Kier alpha value is -7.26. The number of amides is 4. The Morgan fingerprint density at radius 3 is 2.51 bits per heavy atom. The van der Waals surface area contributed by atoms with Gasteiger partial charge in [-0.2, -0.15) is 10.4 Å². The highest BCUT2D eigenvalue weighted by Crippen LogP contribution is 2.35. The number of hydrogen-bond donors (Lipinski definition) is 2. The summed E-state index contributed by atoms with van der Waals surface area (Å²) in [6.45, 7) is 5.70. The molecule has 6 heterocycles. The van der Waals surface area contributed by atoms with Crippen molar-refractivity contribution in [1.82, 2.24) is 39.9 Å². The summed E-state index contributed by atoms with van der Waals surface area (Å²) >= 11 is 0. The van der Waals surface area contributed by atoms with Crippen LogP contribution >= 0.6 is 0 Å². The fourth-order valence-electron chi connectivity index (χ4n) is 9.99. The van der Waals surface area contributed by atoms with Crippen LogP contribution in [0.3, 0.4) is 0 Å². The zero-order chi connectivity index (χ0) is 48.8. The van der Waals surface area contributed by atoms with E-state index in [0.29, 0.717) is 73.8 Å². The molecule has 2 fully saturated rings. The summed E-state index contributed by atoms with van der Waals surface area (Å²) in [6.07, 6.45) is 8.82. The van der Waals surface area contributed by atoms with Crippen LogP contribution in [0.1, 0.15) is 95.2 Å². The molecule has 1 unspecified atom stereocenters. The zero-order valence-electron chi connectivity index (χ0n) is 39.0. The molecule has 3 aliphatic heterocycles. The summed E-state index contributed by atoms with van der Waals surface area (Å²) in [5.74, 6) is -1.49. The number of benzene rings is 2. The van der Waals surface area contributed by atoms with E-state index >= 15 is 0 Å². The lowest BCUT2D eigenvalue weighted by Crippen LogP contribution is -2.61. The number of halogens is 2. The van der Waals surface area contributed by atoms with E-state index in [1.807, 2.05) is 37.3 Å². The molecule has 18 heteroatoms. The van der Waals surface area contributed by atoms with Gasteiger partial charge in [-0.1, -0.05) is 12.1 Å². The Morgan fingerprint density at radius 2 is 1.81 bits per heavy atom. The van der Waals surface area contributed by atoms with Crippen molar-refractivity contribution < 1.29 is 37.5 Å². The van der Waals surface area contributed by atoms with Gasteiger partial charge < -0.3 is 39.8 Å². The van der Waals surface area contributed by atoms with Crippen LogP contribution in [0.15, 0.2) is 73.2 Å². The summed E-state index contributed by atoms with van der Waals surface area (Å²) in [4.78, 5) is 77.0. The van der Waals surface area contributed by atoms with E-state index in [9.17, 15) is 38.0 Å². The van der Waals surface area contributed by atoms with Crippen molar-refractivity contribution in [3.8, 4) is 22.9 Å². The van der Waals surface area contributed by atoms with Gasteiger partial charge in [0.05, 0.1) is 41.2 Å². The van der Waals surface area contributed by atoms with Gasteiger partial charge in [0.15, 0.2) is 0 Å². The molecule has 4 amide bonds. The summed E-state index contributed by atoms with van der Waals surface area (Å²) in [5, 5.41) is 19.8. The number of nitriles is 1. The molecule has 2 aromatic carbocycles. The number of hydrogen-bond acceptors (Lipinski definition) is 11. The molecule has 3 aromatic heterocycles. The highest BCUT2D eigenvalue weighted by Gasteiger charge is 2.40. The smallest absolute Gasteiger partial charge is 0.255 e. The zero-order valence-corrected chi connectivity index (χ0v) is 39.0. The third kappa shape index (κ3) is 10.4. The average molecular weight is 943 g/mol. The Kier molecular flexibility index (Phi) is 14.6.